The van der Waals surface area contributed by atoms with Crippen molar-refractivity contribution in [2.45, 2.75) is 58.8 Å². The Hall–Kier alpha value is -1.89. The molecule has 3 aliphatic carbocycles. The standard InChI is InChI=1S/C22H29NO5S/c1-3-8-28-22(27)18-14-7-4-11(2)9-15(14)29-20(18)23-19(24)16-12-5-6-13(10-12)17(16)21(25)26/h11-13,16-17H,3-10H2,1-2H3,(H,23,24)(H,25,26)/t11-,12-,13-,16+,17+/m0/s1. The number of rotatable bonds is 6. The number of aliphatic carboxylic acids is 1. The molecule has 5 atom stereocenters. The Morgan fingerprint density at radius 3 is 2.59 bits per heavy atom. The van der Waals surface area contributed by atoms with Crippen LogP contribution >= 0.6 is 11.3 Å². The highest BCUT2D eigenvalue weighted by molar-refractivity contribution is 7.17. The number of carbonyl (C=O) groups excluding carboxylic acids is 2. The number of thiophene rings is 1. The van der Waals surface area contributed by atoms with E-state index < -0.39 is 17.8 Å². The van der Waals surface area contributed by atoms with Gasteiger partial charge in [0.2, 0.25) is 5.91 Å². The van der Waals surface area contributed by atoms with Gasteiger partial charge in [-0.3, -0.25) is 9.59 Å². The molecule has 2 fully saturated rings. The SMILES string of the molecule is CCCOC(=O)c1c(NC(=O)[C@@H]2[C@H]3CC[C@@H](C3)[C@H]2C(=O)O)sc2c1CC[C@H](C)C2. The van der Waals surface area contributed by atoms with Gasteiger partial charge in [-0.05, 0) is 68.3 Å². The van der Waals surface area contributed by atoms with Crippen molar-refractivity contribution < 1.29 is 24.2 Å². The zero-order valence-corrected chi connectivity index (χ0v) is 17.8. The highest BCUT2D eigenvalue weighted by Gasteiger charge is 2.54. The van der Waals surface area contributed by atoms with Gasteiger partial charge < -0.3 is 15.2 Å². The maximum Gasteiger partial charge on any atom is 0.341 e. The number of hydrogen-bond acceptors (Lipinski definition) is 5. The molecule has 0 spiro atoms. The average molecular weight is 420 g/mol. The van der Waals surface area contributed by atoms with Crippen LogP contribution in [0, 0.1) is 29.6 Å². The molecule has 29 heavy (non-hydrogen) atoms. The van der Waals surface area contributed by atoms with E-state index in [1.54, 1.807) is 0 Å². The van der Waals surface area contributed by atoms with Crippen LogP contribution in [0.15, 0.2) is 0 Å². The van der Waals surface area contributed by atoms with Crippen LogP contribution in [0.1, 0.15) is 66.8 Å². The molecule has 1 amide bonds. The molecule has 2 saturated carbocycles. The first kappa shape index (κ1) is 20.4. The van der Waals surface area contributed by atoms with Crippen molar-refractivity contribution in [2.24, 2.45) is 29.6 Å². The van der Waals surface area contributed by atoms with Crippen molar-refractivity contribution in [1.29, 1.82) is 0 Å². The number of esters is 1. The second-order valence-electron chi connectivity index (χ2n) is 8.90. The molecule has 0 aliphatic heterocycles. The summed E-state index contributed by atoms with van der Waals surface area (Å²) < 4.78 is 5.41. The topological polar surface area (TPSA) is 92.7 Å². The van der Waals surface area contributed by atoms with Crippen LogP contribution in [0.5, 0.6) is 0 Å². The molecule has 1 aromatic heterocycles. The van der Waals surface area contributed by atoms with E-state index in [4.69, 9.17) is 4.74 Å². The van der Waals surface area contributed by atoms with Gasteiger partial charge >= 0.3 is 11.9 Å². The van der Waals surface area contributed by atoms with E-state index in [-0.39, 0.29) is 23.7 Å². The number of ether oxygens (including phenoxy) is 1. The lowest BCUT2D eigenvalue weighted by Gasteiger charge is -2.27. The first-order valence-electron chi connectivity index (χ1n) is 10.8. The second-order valence-corrected chi connectivity index (χ2v) is 10.0. The Morgan fingerprint density at radius 1 is 1.17 bits per heavy atom. The molecule has 0 aromatic carbocycles. The van der Waals surface area contributed by atoms with Gasteiger partial charge in [-0.2, -0.15) is 0 Å². The molecular weight excluding hydrogens is 390 g/mol. The van der Waals surface area contributed by atoms with Crippen molar-refractivity contribution in [2.75, 3.05) is 11.9 Å². The van der Waals surface area contributed by atoms with Crippen molar-refractivity contribution in [1.82, 2.24) is 0 Å². The van der Waals surface area contributed by atoms with E-state index in [1.165, 1.54) is 11.3 Å². The second kappa shape index (κ2) is 8.09. The third kappa shape index (κ3) is 3.69. The number of hydrogen-bond donors (Lipinski definition) is 2. The number of anilines is 1. The number of carbonyl (C=O) groups is 3. The van der Waals surface area contributed by atoms with E-state index in [0.717, 1.165) is 55.4 Å². The third-order valence-electron chi connectivity index (χ3n) is 6.89. The van der Waals surface area contributed by atoms with Crippen LogP contribution in [0.25, 0.3) is 0 Å². The summed E-state index contributed by atoms with van der Waals surface area (Å²) >= 11 is 1.46. The van der Waals surface area contributed by atoms with Crippen LogP contribution in [-0.4, -0.2) is 29.6 Å². The van der Waals surface area contributed by atoms with Crippen LogP contribution in [-0.2, 0) is 27.2 Å². The smallest absolute Gasteiger partial charge is 0.341 e. The maximum absolute atomic E-state index is 13.2. The Bertz CT molecular complexity index is 831. The molecule has 6 nitrogen and oxygen atoms in total. The highest BCUT2D eigenvalue weighted by Crippen LogP contribution is 2.53. The monoisotopic (exact) mass is 419 g/mol. The molecule has 3 aliphatic rings. The average Bonchev–Trinajstić information content (AvgIpc) is 3.37. The number of nitrogens with one attached hydrogen (secondary N) is 1. The van der Waals surface area contributed by atoms with Crippen LogP contribution in [0.3, 0.4) is 0 Å². The van der Waals surface area contributed by atoms with Gasteiger partial charge in [-0.1, -0.05) is 13.8 Å². The summed E-state index contributed by atoms with van der Waals surface area (Å²) in [4.78, 5) is 38.9. The van der Waals surface area contributed by atoms with E-state index in [0.29, 0.717) is 23.1 Å². The van der Waals surface area contributed by atoms with Gasteiger partial charge in [0, 0.05) is 4.88 Å². The molecule has 0 saturated heterocycles. The number of amides is 1. The summed E-state index contributed by atoms with van der Waals surface area (Å²) in [6.07, 6.45) is 6.09. The van der Waals surface area contributed by atoms with Gasteiger partial charge in [-0.15, -0.1) is 11.3 Å². The summed E-state index contributed by atoms with van der Waals surface area (Å²) in [6, 6.07) is 0. The Labute approximate surface area is 175 Å². The van der Waals surface area contributed by atoms with Crippen LogP contribution in [0.4, 0.5) is 5.00 Å². The van der Waals surface area contributed by atoms with Crippen molar-refractivity contribution >= 4 is 34.2 Å². The van der Waals surface area contributed by atoms with Gasteiger partial charge in [0.05, 0.1) is 24.0 Å². The summed E-state index contributed by atoms with van der Waals surface area (Å²) in [5.41, 5.74) is 1.50. The maximum atomic E-state index is 13.2. The van der Waals surface area contributed by atoms with E-state index >= 15 is 0 Å². The predicted octanol–water partition coefficient (Wildman–Crippen LogP) is 4.13. The Morgan fingerprint density at radius 2 is 1.90 bits per heavy atom. The predicted molar refractivity (Wildman–Crippen MR) is 110 cm³/mol. The fourth-order valence-corrected chi connectivity index (χ4v) is 6.94. The molecule has 0 unspecified atom stereocenters. The van der Waals surface area contributed by atoms with Crippen molar-refractivity contribution in [3.63, 3.8) is 0 Å². The zero-order chi connectivity index (χ0) is 20.7. The fourth-order valence-electron chi connectivity index (χ4n) is 5.54. The summed E-state index contributed by atoms with van der Waals surface area (Å²) in [6.45, 7) is 4.49. The molecule has 2 N–H and O–H groups in total. The minimum absolute atomic E-state index is 0.0969. The Kier molecular flexibility index (Phi) is 5.69. The molecule has 1 aromatic rings. The van der Waals surface area contributed by atoms with E-state index in [9.17, 15) is 19.5 Å². The van der Waals surface area contributed by atoms with Gasteiger partial charge in [0.1, 0.15) is 5.00 Å². The van der Waals surface area contributed by atoms with E-state index in [2.05, 4.69) is 12.2 Å². The van der Waals surface area contributed by atoms with E-state index in [1.807, 2.05) is 6.92 Å². The van der Waals surface area contributed by atoms with Crippen molar-refractivity contribution in [3.8, 4) is 0 Å². The van der Waals surface area contributed by atoms with Gasteiger partial charge in [0.25, 0.3) is 0 Å². The fraction of sp³-hybridized carbons (Fsp3) is 0.682. The summed E-state index contributed by atoms with van der Waals surface area (Å²) in [5.74, 6) is -1.85. The minimum atomic E-state index is -0.876. The number of carboxylic acid groups (broad SMARTS) is 1. The minimum Gasteiger partial charge on any atom is -0.481 e. The van der Waals surface area contributed by atoms with Gasteiger partial charge in [0.15, 0.2) is 0 Å². The quantitative estimate of drug-likeness (QED) is 0.677. The Balaban J connectivity index is 1.61. The third-order valence-corrected chi connectivity index (χ3v) is 8.06. The zero-order valence-electron chi connectivity index (χ0n) is 17.0. The molecule has 7 heteroatoms. The van der Waals surface area contributed by atoms with Crippen LogP contribution < -0.4 is 5.32 Å². The molecule has 1 heterocycles. The number of fused-ring (bicyclic) bond motifs is 3. The number of carboxylic acids is 1. The first-order chi connectivity index (χ1) is 13.9. The lowest BCUT2D eigenvalue weighted by Crippen LogP contribution is -2.38. The largest absolute Gasteiger partial charge is 0.481 e. The first-order valence-corrected chi connectivity index (χ1v) is 11.6. The highest BCUT2D eigenvalue weighted by atomic mass is 32.1. The van der Waals surface area contributed by atoms with Gasteiger partial charge in [-0.25, -0.2) is 4.79 Å². The molecule has 2 bridgehead atoms. The lowest BCUT2D eigenvalue weighted by atomic mass is 9.78. The van der Waals surface area contributed by atoms with Crippen LogP contribution in [0.2, 0.25) is 0 Å². The molecular formula is C22H29NO5S. The molecule has 0 radical (unpaired) electrons. The summed E-state index contributed by atoms with van der Waals surface area (Å²) in [7, 11) is 0. The lowest BCUT2D eigenvalue weighted by molar-refractivity contribution is -0.148. The molecule has 158 valence electrons. The normalized spacial score (nSPS) is 30.1. The molecule has 4 rings (SSSR count). The van der Waals surface area contributed by atoms with Crippen molar-refractivity contribution in [3.05, 3.63) is 16.0 Å². The summed E-state index contributed by atoms with van der Waals surface area (Å²) in [5, 5.41) is 13.2.